The first-order valence-electron chi connectivity index (χ1n) is 16.2. The molecule has 0 bridgehead atoms. The number of hydrogen-bond donors (Lipinski definition) is 2. The largest absolute Gasteiger partial charge is 0.397 e. The van der Waals surface area contributed by atoms with Crippen LogP contribution < -0.4 is 11.1 Å². The minimum absolute atomic E-state index is 0.122. The smallest absolute Gasteiger partial charge is 0.0629 e. The van der Waals surface area contributed by atoms with Gasteiger partial charge in [0.15, 0.2) is 0 Å². The van der Waals surface area contributed by atoms with Crippen LogP contribution in [0.2, 0.25) is 0 Å². The zero-order valence-electron chi connectivity index (χ0n) is 29.2. The van der Waals surface area contributed by atoms with E-state index in [2.05, 4.69) is 65.1 Å². The van der Waals surface area contributed by atoms with Crippen LogP contribution in [0.15, 0.2) is 115 Å². The van der Waals surface area contributed by atoms with Gasteiger partial charge in [0, 0.05) is 11.1 Å². The summed E-state index contributed by atoms with van der Waals surface area (Å²) >= 11 is 0. The number of para-hydroxylation sites is 1. The summed E-state index contributed by atoms with van der Waals surface area (Å²) in [5.41, 5.74) is 14.9. The number of nitrogens with one attached hydrogen (secondary N) is 1. The van der Waals surface area contributed by atoms with Gasteiger partial charge in [-0.1, -0.05) is 145 Å². The molecule has 3 N–H and O–H groups in total. The Morgan fingerprint density at radius 1 is 0.575 bits per heavy atom. The lowest BCUT2D eigenvalue weighted by atomic mass is 9.78. The molecule has 5 aromatic rings. The first kappa shape index (κ1) is 21.5. The summed E-state index contributed by atoms with van der Waals surface area (Å²) in [6.45, 7) is 13.1. The topological polar surface area (TPSA) is 38.0 Å². The standard InChI is InChI=1S/C38H40N2/c1-37(2,3)30-22-29(23-31(25-30)38(4,5)6)33-19-13-18-32(27-16-11-8-12-17-27)36(33)40-35-24-28(20-21-34(35)39)26-14-9-7-10-15-26/h7-25,40H,39H2,1-6H3/i8D,11D,12D,16D,17D. The molecule has 0 aliphatic rings. The highest BCUT2D eigenvalue weighted by molar-refractivity contribution is 5.95. The number of hydrogen-bond acceptors (Lipinski definition) is 2. The molecule has 0 spiro atoms. The maximum absolute atomic E-state index is 8.82. The van der Waals surface area contributed by atoms with Crippen LogP contribution in [-0.2, 0) is 10.8 Å². The van der Waals surface area contributed by atoms with Gasteiger partial charge in [-0.15, -0.1) is 0 Å². The molecule has 5 rings (SSSR count). The lowest BCUT2D eigenvalue weighted by Crippen LogP contribution is -2.16. The highest BCUT2D eigenvalue weighted by Crippen LogP contribution is 2.43. The molecule has 0 unspecified atom stereocenters. The minimum Gasteiger partial charge on any atom is -0.397 e. The Hall–Kier alpha value is -4.30. The third-order valence-corrected chi connectivity index (χ3v) is 7.23. The molecule has 40 heavy (non-hydrogen) atoms. The van der Waals surface area contributed by atoms with E-state index in [0.29, 0.717) is 22.6 Å². The normalized spacial score (nSPS) is 13.6. The summed E-state index contributed by atoms with van der Waals surface area (Å²) in [6.07, 6.45) is 0. The van der Waals surface area contributed by atoms with Crippen molar-refractivity contribution in [3.63, 3.8) is 0 Å². The highest BCUT2D eigenvalue weighted by Gasteiger charge is 2.22. The molecule has 2 heteroatoms. The molecule has 0 aliphatic carbocycles. The number of anilines is 3. The number of benzene rings is 5. The number of nitrogen functional groups attached to an aromatic ring is 1. The van der Waals surface area contributed by atoms with E-state index in [1.165, 1.54) is 11.1 Å². The fourth-order valence-electron chi connectivity index (χ4n) is 4.78. The van der Waals surface area contributed by atoms with E-state index in [-0.39, 0.29) is 40.6 Å². The van der Waals surface area contributed by atoms with Crippen molar-refractivity contribution in [1.82, 2.24) is 0 Å². The van der Waals surface area contributed by atoms with Crippen molar-refractivity contribution in [2.75, 3.05) is 11.1 Å². The first-order valence-corrected chi connectivity index (χ1v) is 13.7. The molecule has 2 nitrogen and oxygen atoms in total. The Labute approximate surface area is 246 Å². The van der Waals surface area contributed by atoms with Crippen molar-refractivity contribution >= 4 is 17.1 Å². The van der Waals surface area contributed by atoms with Gasteiger partial charge in [0.1, 0.15) is 0 Å². The summed E-state index contributed by atoms with van der Waals surface area (Å²) in [6, 6.07) is 26.4. The van der Waals surface area contributed by atoms with E-state index < -0.39 is 6.04 Å². The zero-order chi connectivity index (χ0) is 32.8. The molecule has 202 valence electrons. The second kappa shape index (κ2) is 10.7. The van der Waals surface area contributed by atoms with Crippen LogP contribution in [0.4, 0.5) is 17.1 Å². The van der Waals surface area contributed by atoms with Gasteiger partial charge in [0.25, 0.3) is 0 Å². The van der Waals surface area contributed by atoms with Crippen molar-refractivity contribution in [3.8, 4) is 33.4 Å². The molecule has 0 saturated heterocycles. The molecular weight excluding hydrogens is 484 g/mol. The Bertz CT molecular complexity index is 1840. The minimum atomic E-state index is -0.424. The molecular formula is C38H40N2. The van der Waals surface area contributed by atoms with E-state index in [1.807, 2.05) is 60.7 Å². The molecule has 0 atom stereocenters. The Balaban J connectivity index is 1.84. The lowest BCUT2D eigenvalue weighted by molar-refractivity contribution is 0.569. The van der Waals surface area contributed by atoms with Crippen molar-refractivity contribution < 1.29 is 6.85 Å². The van der Waals surface area contributed by atoms with Gasteiger partial charge in [0.2, 0.25) is 0 Å². The van der Waals surface area contributed by atoms with Crippen LogP contribution in [-0.4, -0.2) is 0 Å². The van der Waals surface area contributed by atoms with E-state index in [4.69, 9.17) is 12.6 Å². The summed E-state index contributed by atoms with van der Waals surface area (Å²) in [4.78, 5) is 0. The summed E-state index contributed by atoms with van der Waals surface area (Å²) in [5.74, 6) is 0. The van der Waals surface area contributed by atoms with Crippen LogP contribution in [0.1, 0.15) is 59.5 Å². The monoisotopic (exact) mass is 529 g/mol. The molecule has 0 radical (unpaired) electrons. The van der Waals surface area contributed by atoms with Gasteiger partial charge in [-0.2, -0.15) is 0 Å². The van der Waals surface area contributed by atoms with E-state index in [1.54, 1.807) is 6.07 Å². The van der Waals surface area contributed by atoms with Crippen molar-refractivity contribution in [3.05, 3.63) is 126 Å². The Morgan fingerprint density at radius 3 is 1.77 bits per heavy atom. The maximum atomic E-state index is 8.82. The van der Waals surface area contributed by atoms with Crippen LogP contribution in [0.25, 0.3) is 33.4 Å². The Kier molecular flexibility index (Phi) is 5.75. The van der Waals surface area contributed by atoms with E-state index >= 15 is 0 Å². The molecule has 0 fully saturated rings. The van der Waals surface area contributed by atoms with Crippen molar-refractivity contribution in [1.29, 1.82) is 0 Å². The average molecular weight is 530 g/mol. The Morgan fingerprint density at radius 2 is 1.18 bits per heavy atom. The maximum Gasteiger partial charge on any atom is 0.0629 e. The van der Waals surface area contributed by atoms with Crippen LogP contribution in [0.5, 0.6) is 0 Å². The third kappa shape index (κ3) is 5.82. The quantitative estimate of drug-likeness (QED) is 0.222. The summed E-state index contributed by atoms with van der Waals surface area (Å²) in [5, 5.41) is 3.58. The average Bonchev–Trinajstić information content (AvgIpc) is 3.00. The van der Waals surface area contributed by atoms with Crippen molar-refractivity contribution in [2.24, 2.45) is 0 Å². The van der Waals surface area contributed by atoms with Crippen LogP contribution >= 0.6 is 0 Å². The predicted molar refractivity (Wildman–Crippen MR) is 174 cm³/mol. The fraction of sp³-hybridized carbons (Fsp3) is 0.211. The van der Waals surface area contributed by atoms with Gasteiger partial charge in [0.05, 0.1) is 23.9 Å². The van der Waals surface area contributed by atoms with Gasteiger partial charge >= 0.3 is 0 Å². The highest BCUT2D eigenvalue weighted by atomic mass is 14.9. The van der Waals surface area contributed by atoms with Crippen LogP contribution in [0.3, 0.4) is 0 Å². The lowest BCUT2D eigenvalue weighted by Gasteiger charge is -2.27. The molecule has 0 aliphatic heterocycles. The molecule has 5 aromatic carbocycles. The third-order valence-electron chi connectivity index (χ3n) is 7.23. The summed E-state index contributed by atoms with van der Waals surface area (Å²) < 4.78 is 42.6. The molecule has 0 amide bonds. The van der Waals surface area contributed by atoms with Crippen LogP contribution in [0, 0.1) is 0 Å². The SMILES string of the molecule is [2H]c1c([2H])c([2H])c(-c2cccc(-c3cc(C(C)(C)C)cc(C(C)(C)C)c3)c2Nc2cc(-c3ccccc3)ccc2N)c([2H])c1[2H]. The number of nitrogens with two attached hydrogens (primary N) is 1. The van der Waals surface area contributed by atoms with Crippen molar-refractivity contribution in [2.45, 2.75) is 52.4 Å². The zero-order valence-corrected chi connectivity index (χ0v) is 24.2. The molecule has 0 heterocycles. The first-order chi connectivity index (χ1) is 21.1. The summed E-state index contributed by atoms with van der Waals surface area (Å²) in [7, 11) is 0. The molecule has 0 saturated carbocycles. The fourth-order valence-corrected chi connectivity index (χ4v) is 4.78. The van der Waals surface area contributed by atoms with Gasteiger partial charge in [-0.25, -0.2) is 0 Å². The van der Waals surface area contributed by atoms with E-state index in [0.717, 1.165) is 22.3 Å². The van der Waals surface area contributed by atoms with Gasteiger partial charge in [-0.05, 0) is 56.3 Å². The predicted octanol–water partition coefficient (Wildman–Crippen LogP) is 10.6. The molecule has 0 aromatic heterocycles. The second-order valence-corrected chi connectivity index (χ2v) is 12.3. The van der Waals surface area contributed by atoms with E-state index in [9.17, 15) is 0 Å². The second-order valence-electron chi connectivity index (χ2n) is 12.3. The number of rotatable bonds is 5. The van der Waals surface area contributed by atoms with Gasteiger partial charge in [-0.3, -0.25) is 0 Å². The van der Waals surface area contributed by atoms with Gasteiger partial charge < -0.3 is 11.1 Å².